The summed E-state index contributed by atoms with van der Waals surface area (Å²) >= 11 is 6.97. The van der Waals surface area contributed by atoms with Crippen molar-refractivity contribution in [3.63, 3.8) is 0 Å². The molecule has 0 aliphatic carbocycles. The number of piperidine rings is 1. The minimum Gasteiger partial charge on any atom is -0.379 e. The summed E-state index contributed by atoms with van der Waals surface area (Å²) in [6.45, 7) is 10.6. The van der Waals surface area contributed by atoms with Gasteiger partial charge in [-0.25, -0.2) is 0 Å². The van der Waals surface area contributed by atoms with Crippen LogP contribution in [0.4, 0.5) is 11.4 Å². The summed E-state index contributed by atoms with van der Waals surface area (Å²) in [6.07, 6.45) is 6.16. The molecule has 0 bridgehead atoms. The van der Waals surface area contributed by atoms with E-state index in [0.29, 0.717) is 22.2 Å². The lowest BCUT2D eigenvalue weighted by Gasteiger charge is -2.40. The predicted octanol–water partition coefficient (Wildman–Crippen LogP) is 4.56. The minimum atomic E-state index is 0.412. The molecule has 1 atom stereocenters. The van der Waals surface area contributed by atoms with E-state index in [1.807, 2.05) is 0 Å². The second-order valence-electron chi connectivity index (χ2n) is 8.85. The second kappa shape index (κ2) is 13.4. The summed E-state index contributed by atoms with van der Waals surface area (Å²) in [5, 5.41) is 4.13. The molecule has 2 aliphatic heterocycles. The van der Waals surface area contributed by atoms with Crippen LogP contribution in [0.1, 0.15) is 46.0 Å². The van der Waals surface area contributed by atoms with Crippen LogP contribution in [0.3, 0.4) is 0 Å². The molecule has 0 amide bonds. The van der Waals surface area contributed by atoms with Crippen LogP contribution in [-0.2, 0) is 4.74 Å². The SMILES string of the molecule is CCCCC(C)CS/C(N)=N/C(=S)Nc1ccc(N2CCC(N3CCOCC3)CC2)cc1. The molecule has 2 fully saturated rings. The second-order valence-corrected chi connectivity index (χ2v) is 10.3. The lowest BCUT2D eigenvalue weighted by Crippen LogP contribution is -2.49. The van der Waals surface area contributed by atoms with Crippen molar-refractivity contribution < 1.29 is 4.74 Å². The molecule has 6 nitrogen and oxygen atoms in total. The van der Waals surface area contributed by atoms with Gasteiger partial charge in [0.25, 0.3) is 0 Å². The Morgan fingerprint density at radius 2 is 1.91 bits per heavy atom. The molecule has 0 spiro atoms. The Morgan fingerprint density at radius 1 is 1.22 bits per heavy atom. The number of ether oxygens (including phenoxy) is 1. The van der Waals surface area contributed by atoms with Gasteiger partial charge in [0.1, 0.15) is 0 Å². The molecule has 3 rings (SSSR count). The van der Waals surface area contributed by atoms with E-state index in [0.717, 1.165) is 50.8 Å². The zero-order chi connectivity index (χ0) is 22.8. The fraction of sp³-hybridized carbons (Fsp3) is 0.667. The first kappa shape index (κ1) is 25.3. The van der Waals surface area contributed by atoms with E-state index in [4.69, 9.17) is 22.7 Å². The molecule has 0 saturated carbocycles. The number of nitrogens with zero attached hydrogens (tertiary/aromatic N) is 3. The van der Waals surface area contributed by atoms with Gasteiger partial charge in [-0.05, 0) is 61.7 Å². The molecule has 0 radical (unpaired) electrons. The maximum Gasteiger partial charge on any atom is 0.199 e. The van der Waals surface area contributed by atoms with E-state index in [2.05, 4.69) is 58.2 Å². The van der Waals surface area contributed by atoms with Crippen LogP contribution in [0.25, 0.3) is 0 Å². The van der Waals surface area contributed by atoms with Crippen molar-refractivity contribution in [2.75, 3.05) is 55.4 Å². The molecule has 0 aromatic heterocycles. The highest BCUT2D eigenvalue weighted by Crippen LogP contribution is 2.24. The number of anilines is 2. The Balaban J connectivity index is 1.41. The van der Waals surface area contributed by atoms with Gasteiger partial charge >= 0.3 is 0 Å². The van der Waals surface area contributed by atoms with Crippen molar-refractivity contribution in [1.82, 2.24) is 4.90 Å². The van der Waals surface area contributed by atoms with Gasteiger partial charge < -0.3 is 20.7 Å². The molecule has 2 saturated heterocycles. The van der Waals surface area contributed by atoms with E-state index in [1.165, 1.54) is 37.8 Å². The average molecular weight is 478 g/mol. The molecular formula is C24H39N5OS2. The Labute approximate surface area is 203 Å². The van der Waals surface area contributed by atoms with Gasteiger partial charge in [-0.15, -0.1) is 0 Å². The fourth-order valence-corrected chi connectivity index (χ4v) is 5.39. The van der Waals surface area contributed by atoms with Crippen molar-refractivity contribution in [3.8, 4) is 0 Å². The molecule has 2 aliphatic rings. The first-order chi connectivity index (χ1) is 15.5. The summed E-state index contributed by atoms with van der Waals surface area (Å²) in [4.78, 5) is 9.42. The third-order valence-electron chi connectivity index (χ3n) is 6.29. The van der Waals surface area contributed by atoms with Crippen molar-refractivity contribution in [1.29, 1.82) is 0 Å². The Morgan fingerprint density at radius 3 is 2.56 bits per heavy atom. The van der Waals surface area contributed by atoms with E-state index in [9.17, 15) is 0 Å². The summed E-state index contributed by atoms with van der Waals surface area (Å²) in [5.41, 5.74) is 8.27. The summed E-state index contributed by atoms with van der Waals surface area (Å²) in [7, 11) is 0. The number of hydrogen-bond acceptors (Lipinski definition) is 5. The fourth-order valence-electron chi connectivity index (χ4n) is 4.33. The smallest absolute Gasteiger partial charge is 0.199 e. The van der Waals surface area contributed by atoms with Crippen LogP contribution in [0.15, 0.2) is 29.3 Å². The summed E-state index contributed by atoms with van der Waals surface area (Å²) in [5.74, 6) is 1.62. The van der Waals surface area contributed by atoms with Crippen LogP contribution in [0.5, 0.6) is 0 Å². The largest absolute Gasteiger partial charge is 0.379 e. The van der Waals surface area contributed by atoms with Gasteiger partial charge in [-0.1, -0.05) is 38.5 Å². The molecule has 1 aromatic rings. The monoisotopic (exact) mass is 477 g/mol. The average Bonchev–Trinajstić information content (AvgIpc) is 2.82. The standard InChI is InChI=1S/C24H39N5OS2/c1-3-4-5-19(2)18-32-23(25)27-24(31)26-20-6-8-21(9-7-20)28-12-10-22(11-13-28)29-14-16-30-17-15-29/h6-9,19,22H,3-5,10-18H2,1-2H3,(H3,25,26,27,31). The Hall–Kier alpha value is -1.35. The number of aliphatic imine (C=N–C) groups is 1. The summed E-state index contributed by atoms with van der Waals surface area (Å²) in [6, 6.07) is 9.17. The lowest BCUT2D eigenvalue weighted by atomic mass is 10.0. The maximum atomic E-state index is 6.06. The molecule has 1 unspecified atom stereocenters. The third-order valence-corrected chi connectivity index (χ3v) is 7.60. The topological polar surface area (TPSA) is 66.1 Å². The van der Waals surface area contributed by atoms with Gasteiger partial charge in [0.2, 0.25) is 0 Å². The lowest BCUT2D eigenvalue weighted by molar-refractivity contribution is 0.0115. The van der Waals surface area contributed by atoms with Gasteiger partial charge in [0.05, 0.1) is 13.2 Å². The van der Waals surface area contributed by atoms with E-state index in [1.54, 1.807) is 11.8 Å². The van der Waals surface area contributed by atoms with E-state index in [-0.39, 0.29) is 0 Å². The Kier molecular flexibility index (Phi) is 10.6. The quantitative estimate of drug-likeness (QED) is 0.323. The molecule has 32 heavy (non-hydrogen) atoms. The number of thiocarbonyl (C=S) groups is 1. The molecule has 178 valence electrons. The first-order valence-electron chi connectivity index (χ1n) is 12.0. The Bertz CT molecular complexity index is 728. The molecule has 3 N–H and O–H groups in total. The van der Waals surface area contributed by atoms with Crippen LogP contribution in [0, 0.1) is 5.92 Å². The van der Waals surface area contributed by atoms with Gasteiger partial charge in [0, 0.05) is 49.3 Å². The summed E-state index contributed by atoms with van der Waals surface area (Å²) < 4.78 is 5.49. The number of nitrogens with two attached hydrogens (primary N) is 1. The number of benzene rings is 1. The van der Waals surface area contributed by atoms with Crippen molar-refractivity contribution >= 4 is 45.6 Å². The number of morpholine rings is 1. The zero-order valence-corrected chi connectivity index (χ0v) is 21.2. The van der Waals surface area contributed by atoms with Crippen molar-refractivity contribution in [2.45, 2.75) is 52.0 Å². The highest BCUT2D eigenvalue weighted by Gasteiger charge is 2.25. The molecule has 2 heterocycles. The van der Waals surface area contributed by atoms with Crippen LogP contribution in [0.2, 0.25) is 0 Å². The van der Waals surface area contributed by atoms with Crippen LogP contribution in [-0.4, -0.2) is 66.4 Å². The maximum absolute atomic E-state index is 6.06. The number of nitrogens with one attached hydrogen (secondary N) is 1. The van der Waals surface area contributed by atoms with Gasteiger partial charge in [-0.3, -0.25) is 4.90 Å². The van der Waals surface area contributed by atoms with E-state index >= 15 is 0 Å². The first-order valence-corrected chi connectivity index (χ1v) is 13.4. The third kappa shape index (κ3) is 8.21. The highest BCUT2D eigenvalue weighted by atomic mass is 32.2. The zero-order valence-electron chi connectivity index (χ0n) is 19.6. The van der Waals surface area contributed by atoms with Gasteiger partial charge in [0.15, 0.2) is 10.3 Å². The number of rotatable bonds is 8. The number of hydrogen-bond donors (Lipinski definition) is 2. The normalized spacial score (nSPS) is 19.7. The minimum absolute atomic E-state index is 0.412. The van der Waals surface area contributed by atoms with Crippen LogP contribution >= 0.6 is 24.0 Å². The highest BCUT2D eigenvalue weighted by molar-refractivity contribution is 8.13. The molecule has 8 heteroatoms. The van der Waals surface area contributed by atoms with Gasteiger partial charge in [-0.2, -0.15) is 4.99 Å². The number of thioether (sulfide) groups is 1. The molecular weight excluding hydrogens is 438 g/mol. The van der Waals surface area contributed by atoms with Crippen molar-refractivity contribution in [3.05, 3.63) is 24.3 Å². The van der Waals surface area contributed by atoms with Crippen molar-refractivity contribution in [2.24, 2.45) is 16.6 Å². The number of unbranched alkanes of at least 4 members (excludes halogenated alkanes) is 1. The molecule has 1 aromatic carbocycles. The predicted molar refractivity (Wildman–Crippen MR) is 143 cm³/mol. The van der Waals surface area contributed by atoms with E-state index < -0.39 is 0 Å². The number of amidine groups is 1. The van der Waals surface area contributed by atoms with Crippen LogP contribution < -0.4 is 16.0 Å².